The summed E-state index contributed by atoms with van der Waals surface area (Å²) in [6.07, 6.45) is 4.64. The zero-order valence-electron chi connectivity index (χ0n) is 11.6. The van der Waals surface area contributed by atoms with E-state index in [4.69, 9.17) is 18.0 Å². The number of thiocarbonyl (C=S) groups is 1. The van der Waals surface area contributed by atoms with Crippen LogP contribution in [0.4, 0.5) is 0 Å². The van der Waals surface area contributed by atoms with Crippen molar-refractivity contribution in [3.8, 4) is 0 Å². The first-order chi connectivity index (χ1) is 9.41. The van der Waals surface area contributed by atoms with Crippen LogP contribution < -0.4 is 5.73 Å². The maximum absolute atomic E-state index is 12.5. The zero-order valence-corrected chi connectivity index (χ0v) is 13.2. The molecule has 0 heterocycles. The van der Waals surface area contributed by atoms with Crippen LogP contribution in [-0.2, 0) is 10.0 Å². The van der Waals surface area contributed by atoms with Gasteiger partial charge in [0.1, 0.15) is 4.99 Å². The van der Waals surface area contributed by atoms with Crippen molar-refractivity contribution in [3.63, 3.8) is 0 Å². The summed E-state index contributed by atoms with van der Waals surface area (Å²) < 4.78 is 26.5. The molecule has 0 bridgehead atoms. The highest BCUT2D eigenvalue weighted by Crippen LogP contribution is 2.27. The molecule has 0 aromatic heterocycles. The number of nitrogens with zero attached hydrogens (tertiary/aromatic N) is 1. The number of hydrogen-bond donors (Lipinski definition) is 1. The quantitative estimate of drug-likeness (QED) is 0.846. The highest BCUT2D eigenvalue weighted by molar-refractivity contribution is 7.89. The predicted octanol–water partition coefficient (Wildman–Crippen LogP) is 2.13. The number of rotatable bonds is 5. The van der Waals surface area contributed by atoms with E-state index in [2.05, 4.69) is 0 Å². The Morgan fingerprint density at radius 1 is 1.40 bits per heavy atom. The number of nitrogens with two attached hydrogens (primary N) is 1. The third kappa shape index (κ3) is 3.37. The van der Waals surface area contributed by atoms with Gasteiger partial charge in [-0.15, -0.1) is 0 Å². The minimum atomic E-state index is -3.46. The molecule has 1 aromatic carbocycles. The van der Waals surface area contributed by atoms with E-state index >= 15 is 0 Å². The first-order valence-corrected chi connectivity index (χ1v) is 8.62. The zero-order chi connectivity index (χ0) is 14.8. The Morgan fingerprint density at radius 2 is 2.05 bits per heavy atom. The van der Waals surface area contributed by atoms with Crippen molar-refractivity contribution < 1.29 is 8.42 Å². The molecule has 0 unspecified atom stereocenters. The fraction of sp³-hybridized carbons (Fsp3) is 0.500. The van der Waals surface area contributed by atoms with E-state index in [1.807, 2.05) is 0 Å². The first-order valence-electron chi connectivity index (χ1n) is 6.77. The summed E-state index contributed by atoms with van der Waals surface area (Å²) >= 11 is 4.90. The van der Waals surface area contributed by atoms with Crippen molar-refractivity contribution in [1.29, 1.82) is 0 Å². The average Bonchev–Trinajstić information content (AvgIpc) is 2.91. The maximum atomic E-state index is 12.5. The lowest BCUT2D eigenvalue weighted by Gasteiger charge is -2.21. The van der Waals surface area contributed by atoms with E-state index in [9.17, 15) is 8.42 Å². The van der Waals surface area contributed by atoms with Crippen LogP contribution in [0.5, 0.6) is 0 Å². The molecule has 6 heteroatoms. The van der Waals surface area contributed by atoms with E-state index in [0.29, 0.717) is 18.0 Å². The topological polar surface area (TPSA) is 63.4 Å². The first kappa shape index (κ1) is 15.4. The summed E-state index contributed by atoms with van der Waals surface area (Å²) in [5.74, 6) is 0.480. The molecule has 0 atom stereocenters. The lowest BCUT2D eigenvalue weighted by Crippen LogP contribution is -2.31. The Kier molecular flexibility index (Phi) is 4.78. The smallest absolute Gasteiger partial charge is 0.242 e. The Labute approximate surface area is 126 Å². The van der Waals surface area contributed by atoms with Crippen LogP contribution in [0, 0.1) is 5.92 Å². The van der Waals surface area contributed by atoms with Gasteiger partial charge in [0.2, 0.25) is 10.0 Å². The molecular formula is C14H20N2O2S2. The van der Waals surface area contributed by atoms with Gasteiger partial charge < -0.3 is 5.73 Å². The molecular weight excluding hydrogens is 292 g/mol. The predicted molar refractivity (Wildman–Crippen MR) is 84.1 cm³/mol. The Morgan fingerprint density at radius 3 is 2.65 bits per heavy atom. The second-order valence-corrected chi connectivity index (χ2v) is 7.81. The molecule has 2 rings (SSSR count). The van der Waals surface area contributed by atoms with Crippen LogP contribution in [0.1, 0.15) is 31.2 Å². The van der Waals surface area contributed by atoms with Crippen molar-refractivity contribution in [2.75, 3.05) is 13.6 Å². The highest BCUT2D eigenvalue weighted by atomic mass is 32.2. The van der Waals surface area contributed by atoms with Gasteiger partial charge in [0.25, 0.3) is 0 Å². The Balaban J connectivity index is 2.20. The SMILES string of the molecule is CN(CC1CCCC1)S(=O)(=O)c1cccc(C(N)=S)c1. The minimum Gasteiger partial charge on any atom is -0.389 e. The number of sulfonamides is 1. The van der Waals surface area contributed by atoms with Gasteiger partial charge in [-0.2, -0.15) is 0 Å². The second kappa shape index (κ2) is 6.20. The van der Waals surface area contributed by atoms with E-state index in [-0.39, 0.29) is 9.88 Å². The largest absolute Gasteiger partial charge is 0.389 e. The molecule has 1 aromatic rings. The van der Waals surface area contributed by atoms with Gasteiger partial charge in [-0.3, -0.25) is 0 Å². The van der Waals surface area contributed by atoms with Crippen LogP contribution >= 0.6 is 12.2 Å². The molecule has 0 aliphatic heterocycles. The van der Waals surface area contributed by atoms with Gasteiger partial charge in [-0.25, -0.2) is 12.7 Å². The van der Waals surface area contributed by atoms with E-state index in [1.54, 1.807) is 31.3 Å². The molecule has 4 nitrogen and oxygen atoms in total. The van der Waals surface area contributed by atoms with E-state index in [1.165, 1.54) is 17.1 Å². The minimum absolute atomic E-state index is 0.209. The van der Waals surface area contributed by atoms with Gasteiger partial charge in [0, 0.05) is 19.2 Å². The third-order valence-corrected chi connectivity index (χ3v) is 5.87. The molecule has 0 radical (unpaired) electrons. The van der Waals surface area contributed by atoms with Gasteiger partial charge in [-0.05, 0) is 30.9 Å². The molecule has 2 N–H and O–H groups in total. The lowest BCUT2D eigenvalue weighted by molar-refractivity contribution is 0.387. The molecule has 1 aliphatic rings. The molecule has 20 heavy (non-hydrogen) atoms. The Bertz CT molecular complexity index is 593. The monoisotopic (exact) mass is 312 g/mol. The number of hydrogen-bond acceptors (Lipinski definition) is 3. The van der Waals surface area contributed by atoms with Crippen LogP contribution in [0.25, 0.3) is 0 Å². The maximum Gasteiger partial charge on any atom is 0.242 e. The fourth-order valence-electron chi connectivity index (χ4n) is 2.64. The highest BCUT2D eigenvalue weighted by Gasteiger charge is 2.25. The van der Waals surface area contributed by atoms with E-state index in [0.717, 1.165) is 12.8 Å². The van der Waals surface area contributed by atoms with Crippen molar-refractivity contribution >= 4 is 27.2 Å². The normalized spacial score (nSPS) is 16.7. The van der Waals surface area contributed by atoms with Gasteiger partial charge in [0.05, 0.1) is 4.90 Å². The molecule has 0 spiro atoms. The lowest BCUT2D eigenvalue weighted by atomic mass is 10.1. The van der Waals surface area contributed by atoms with Crippen LogP contribution in [0.2, 0.25) is 0 Å². The molecule has 0 amide bonds. The molecule has 0 saturated heterocycles. The summed E-state index contributed by atoms with van der Waals surface area (Å²) in [5, 5.41) is 0. The summed E-state index contributed by atoms with van der Waals surface area (Å²) in [4.78, 5) is 0.462. The summed E-state index contributed by atoms with van der Waals surface area (Å²) in [7, 11) is -1.82. The van der Waals surface area contributed by atoms with Gasteiger partial charge >= 0.3 is 0 Å². The standard InChI is InChI=1S/C14H20N2O2S2/c1-16(10-11-5-2-3-6-11)20(17,18)13-8-4-7-12(9-13)14(15)19/h4,7-9,11H,2-3,5-6,10H2,1H3,(H2,15,19). The molecule has 110 valence electrons. The average molecular weight is 312 g/mol. The summed E-state index contributed by atoms with van der Waals surface area (Å²) in [5.41, 5.74) is 6.14. The number of benzene rings is 1. The summed E-state index contributed by atoms with van der Waals surface area (Å²) in [6, 6.07) is 6.52. The molecule has 1 aliphatic carbocycles. The van der Waals surface area contributed by atoms with Gasteiger partial charge in [0.15, 0.2) is 0 Å². The van der Waals surface area contributed by atoms with Crippen molar-refractivity contribution in [2.45, 2.75) is 30.6 Å². The third-order valence-electron chi connectivity index (χ3n) is 3.82. The van der Waals surface area contributed by atoms with Crippen LogP contribution in [-0.4, -0.2) is 31.3 Å². The van der Waals surface area contributed by atoms with Crippen LogP contribution in [0.3, 0.4) is 0 Å². The van der Waals surface area contributed by atoms with Gasteiger partial charge in [-0.1, -0.05) is 37.2 Å². The van der Waals surface area contributed by atoms with Crippen LogP contribution in [0.15, 0.2) is 29.2 Å². The molecule has 1 saturated carbocycles. The van der Waals surface area contributed by atoms with Crippen molar-refractivity contribution in [2.24, 2.45) is 11.7 Å². The molecule has 1 fully saturated rings. The Hall–Kier alpha value is -0.980. The van der Waals surface area contributed by atoms with Crippen molar-refractivity contribution in [3.05, 3.63) is 29.8 Å². The second-order valence-electron chi connectivity index (χ2n) is 5.33. The fourth-order valence-corrected chi connectivity index (χ4v) is 4.06. The van der Waals surface area contributed by atoms with E-state index < -0.39 is 10.0 Å². The summed E-state index contributed by atoms with van der Waals surface area (Å²) in [6.45, 7) is 0.583. The van der Waals surface area contributed by atoms with Crippen molar-refractivity contribution in [1.82, 2.24) is 4.31 Å².